The number of ether oxygens (including phenoxy) is 3. The third-order valence-corrected chi connectivity index (χ3v) is 6.98. The molecule has 25 heavy (non-hydrogen) atoms. The number of fused-ring (bicyclic) bond motifs is 1. The van der Waals surface area contributed by atoms with Crippen LogP contribution in [0.25, 0.3) is 0 Å². The van der Waals surface area contributed by atoms with Crippen LogP contribution >= 0.6 is 0 Å². The fourth-order valence-corrected chi connectivity index (χ4v) is 5.57. The smallest absolute Gasteiger partial charge is 0.322 e. The lowest BCUT2D eigenvalue weighted by Gasteiger charge is -2.64. The maximum absolute atomic E-state index is 13.1. The van der Waals surface area contributed by atoms with E-state index in [1.54, 1.807) is 12.2 Å². The third kappa shape index (κ3) is 1.79. The van der Waals surface area contributed by atoms with Crippen molar-refractivity contribution in [2.75, 3.05) is 7.11 Å². The lowest BCUT2D eigenvalue weighted by molar-refractivity contribution is -0.232. The van der Waals surface area contributed by atoms with Crippen LogP contribution < -0.4 is 0 Å². The van der Waals surface area contributed by atoms with Crippen LogP contribution in [0.5, 0.6) is 0 Å². The molecule has 2 bridgehead atoms. The van der Waals surface area contributed by atoms with E-state index < -0.39 is 22.9 Å². The van der Waals surface area contributed by atoms with Crippen LogP contribution in [0.4, 0.5) is 0 Å². The predicted octanol–water partition coefficient (Wildman–Crippen LogP) is 3.13. The van der Waals surface area contributed by atoms with Crippen molar-refractivity contribution in [3.8, 4) is 0 Å². The Kier molecular flexibility index (Phi) is 3.14. The lowest BCUT2D eigenvalue weighted by atomic mass is 9.44. The molecule has 0 N–H and O–H groups in total. The molecule has 5 rings (SSSR count). The summed E-state index contributed by atoms with van der Waals surface area (Å²) in [4.78, 5) is 25.8. The van der Waals surface area contributed by atoms with Gasteiger partial charge < -0.3 is 14.2 Å². The first-order valence-electron chi connectivity index (χ1n) is 8.77. The molecule has 0 aromatic heterocycles. The second-order valence-electron chi connectivity index (χ2n) is 8.46. The van der Waals surface area contributed by atoms with Gasteiger partial charge in [-0.1, -0.05) is 32.9 Å². The van der Waals surface area contributed by atoms with E-state index in [1.807, 2.05) is 13.0 Å². The fraction of sp³-hybridized carbons (Fsp3) is 0.600. The molecular weight excluding hydrogens is 320 g/mol. The number of cyclic esters (lactones) is 1. The summed E-state index contributed by atoms with van der Waals surface area (Å²) in [5, 5.41) is 0. The number of allylic oxidation sites excluding steroid dienone is 1. The van der Waals surface area contributed by atoms with E-state index in [2.05, 4.69) is 20.4 Å². The highest BCUT2D eigenvalue weighted by atomic mass is 16.7. The van der Waals surface area contributed by atoms with Crippen LogP contribution in [0.15, 0.2) is 36.3 Å². The average molecular weight is 344 g/mol. The van der Waals surface area contributed by atoms with Gasteiger partial charge >= 0.3 is 11.9 Å². The third-order valence-electron chi connectivity index (χ3n) is 6.98. The van der Waals surface area contributed by atoms with Crippen molar-refractivity contribution in [3.63, 3.8) is 0 Å². The molecule has 5 atom stereocenters. The minimum atomic E-state index is -1.02. The fourth-order valence-electron chi connectivity index (χ4n) is 5.57. The molecular formula is C20H24O5. The van der Waals surface area contributed by atoms with E-state index in [0.717, 1.165) is 18.4 Å². The van der Waals surface area contributed by atoms with Gasteiger partial charge in [0.05, 0.1) is 13.0 Å². The second kappa shape index (κ2) is 4.77. The molecule has 5 aliphatic rings. The number of rotatable bonds is 2. The Morgan fingerprint density at radius 3 is 2.64 bits per heavy atom. The molecule has 2 fully saturated rings. The molecule has 1 saturated heterocycles. The van der Waals surface area contributed by atoms with Gasteiger partial charge in [-0.05, 0) is 18.3 Å². The van der Waals surface area contributed by atoms with Crippen molar-refractivity contribution in [1.29, 1.82) is 0 Å². The van der Waals surface area contributed by atoms with Gasteiger partial charge in [-0.15, -0.1) is 6.58 Å². The lowest BCUT2D eigenvalue weighted by Crippen LogP contribution is -2.70. The van der Waals surface area contributed by atoms with Gasteiger partial charge in [0.15, 0.2) is 5.60 Å². The maximum Gasteiger partial charge on any atom is 0.322 e. The van der Waals surface area contributed by atoms with Crippen molar-refractivity contribution < 1.29 is 23.8 Å². The molecule has 5 nitrogen and oxygen atoms in total. The Morgan fingerprint density at radius 2 is 2.00 bits per heavy atom. The van der Waals surface area contributed by atoms with Crippen molar-refractivity contribution >= 4 is 11.9 Å². The van der Waals surface area contributed by atoms with E-state index in [9.17, 15) is 9.59 Å². The van der Waals surface area contributed by atoms with E-state index in [0.29, 0.717) is 0 Å². The molecule has 3 heterocycles. The summed E-state index contributed by atoms with van der Waals surface area (Å²) in [5.41, 5.74) is -1.01. The predicted molar refractivity (Wildman–Crippen MR) is 89.9 cm³/mol. The molecule has 0 amide bonds. The van der Waals surface area contributed by atoms with Crippen LogP contribution in [-0.4, -0.2) is 24.6 Å². The number of hydrogen-bond acceptors (Lipinski definition) is 5. The zero-order chi connectivity index (χ0) is 18.2. The van der Waals surface area contributed by atoms with Gasteiger partial charge in [0.1, 0.15) is 5.92 Å². The zero-order valence-electron chi connectivity index (χ0n) is 15.1. The summed E-state index contributed by atoms with van der Waals surface area (Å²) < 4.78 is 16.8. The average Bonchev–Trinajstić information content (AvgIpc) is 2.67. The van der Waals surface area contributed by atoms with Crippen molar-refractivity contribution in [3.05, 3.63) is 36.3 Å². The summed E-state index contributed by atoms with van der Waals surface area (Å²) >= 11 is 0. The van der Waals surface area contributed by atoms with Crippen LogP contribution in [0.1, 0.15) is 33.6 Å². The Bertz CT molecular complexity index is 745. The highest BCUT2D eigenvalue weighted by Crippen LogP contribution is 2.67. The number of carbonyl (C=O) groups excluding carboxylic acids is 2. The highest BCUT2D eigenvalue weighted by Gasteiger charge is 2.72. The van der Waals surface area contributed by atoms with Crippen LogP contribution in [0.3, 0.4) is 0 Å². The molecule has 0 aromatic carbocycles. The molecule has 5 heteroatoms. The molecule has 0 radical (unpaired) electrons. The number of esters is 2. The van der Waals surface area contributed by atoms with Crippen molar-refractivity contribution in [2.24, 2.45) is 28.6 Å². The summed E-state index contributed by atoms with van der Waals surface area (Å²) in [5.74, 6) is -1.47. The first-order valence-corrected chi connectivity index (χ1v) is 8.77. The molecule has 3 aliphatic heterocycles. The molecule has 134 valence electrons. The number of carbonyl (C=O) groups is 2. The van der Waals surface area contributed by atoms with Crippen molar-refractivity contribution in [2.45, 2.75) is 39.2 Å². The molecule has 2 aliphatic carbocycles. The minimum Gasteiger partial charge on any atom is -0.468 e. The van der Waals surface area contributed by atoms with Gasteiger partial charge in [-0.3, -0.25) is 9.59 Å². The second-order valence-corrected chi connectivity index (χ2v) is 8.46. The van der Waals surface area contributed by atoms with Crippen molar-refractivity contribution in [1.82, 2.24) is 0 Å². The summed E-state index contributed by atoms with van der Waals surface area (Å²) in [7, 11) is 1.47. The van der Waals surface area contributed by atoms with E-state index >= 15 is 0 Å². The largest absolute Gasteiger partial charge is 0.468 e. The van der Waals surface area contributed by atoms with Crippen LogP contribution in [0, 0.1) is 28.6 Å². The quantitative estimate of drug-likeness (QED) is 0.569. The van der Waals surface area contributed by atoms with E-state index in [1.165, 1.54) is 7.11 Å². The normalized spacial score (nSPS) is 43.8. The first kappa shape index (κ1) is 16.4. The van der Waals surface area contributed by atoms with E-state index in [-0.39, 0.29) is 29.2 Å². The molecule has 0 aromatic rings. The summed E-state index contributed by atoms with van der Waals surface area (Å²) in [6.45, 7) is 10.2. The maximum atomic E-state index is 13.1. The monoisotopic (exact) mass is 344 g/mol. The van der Waals surface area contributed by atoms with Crippen LogP contribution in [-0.2, 0) is 23.8 Å². The van der Waals surface area contributed by atoms with Gasteiger partial charge in [-0.2, -0.15) is 0 Å². The molecule has 1 spiro atoms. The Labute approximate surface area is 147 Å². The van der Waals surface area contributed by atoms with Gasteiger partial charge in [0, 0.05) is 23.0 Å². The number of methoxy groups -OCH3 is 1. The zero-order valence-corrected chi connectivity index (χ0v) is 15.1. The SMILES string of the molecule is C=C[C@@]1(C)CC[C@H]2C(C)(C)[C@H]3C=C4C=C(OC)OC(=O)[C@@H]1[C@@]42OC3=O. The highest BCUT2D eigenvalue weighted by molar-refractivity contribution is 5.86. The molecule has 0 unspecified atom stereocenters. The van der Waals surface area contributed by atoms with Gasteiger partial charge in [0.2, 0.25) is 0 Å². The van der Waals surface area contributed by atoms with E-state index in [4.69, 9.17) is 14.2 Å². The Hall–Kier alpha value is -2.04. The Morgan fingerprint density at radius 1 is 1.28 bits per heavy atom. The first-order chi connectivity index (χ1) is 11.7. The standard InChI is InChI=1S/C20H24O5/c1-6-19(4)8-7-13-18(2,3)12-9-11-10-14(23-5)24-17(22)15(19)20(11,13)25-16(12)21/h6,9-10,12-13,15H,1,7-8H2,2-5H3/t12-,13-,15-,19-,20+/m0/s1. The van der Waals surface area contributed by atoms with Crippen LogP contribution in [0.2, 0.25) is 0 Å². The Balaban J connectivity index is 2.04. The topological polar surface area (TPSA) is 61.8 Å². The molecule has 1 saturated carbocycles. The summed E-state index contributed by atoms with van der Waals surface area (Å²) in [6.07, 6.45) is 7.13. The van der Waals surface area contributed by atoms with Gasteiger partial charge in [-0.25, -0.2) is 0 Å². The number of hydrogen-bond donors (Lipinski definition) is 0. The minimum absolute atomic E-state index is 0.0423. The van der Waals surface area contributed by atoms with Gasteiger partial charge in [0.25, 0.3) is 5.95 Å². The summed E-state index contributed by atoms with van der Waals surface area (Å²) in [6, 6.07) is 0.